The number of para-hydroxylation sites is 1. The summed E-state index contributed by atoms with van der Waals surface area (Å²) in [6.07, 6.45) is 0. The van der Waals surface area contributed by atoms with E-state index in [1.165, 1.54) is 31.4 Å². The van der Waals surface area contributed by atoms with Crippen LogP contribution in [0.25, 0.3) is 11.0 Å². The molecular weight excluding hydrogens is 311 g/mol. The number of hydrogen-bond acceptors (Lipinski definition) is 4. The Hall–Kier alpha value is -2.95. The van der Waals surface area contributed by atoms with Crippen molar-refractivity contribution < 1.29 is 23.1 Å². The molecule has 0 amide bonds. The second-order valence-electron chi connectivity index (χ2n) is 5.42. The van der Waals surface area contributed by atoms with Gasteiger partial charge in [-0.2, -0.15) is 0 Å². The molecule has 3 rings (SSSR count). The lowest BCUT2D eigenvalue weighted by Gasteiger charge is -2.10. The number of esters is 1. The minimum Gasteiger partial charge on any atom is -0.469 e. The van der Waals surface area contributed by atoms with E-state index in [9.17, 15) is 14.0 Å². The first-order valence-electron chi connectivity index (χ1n) is 7.42. The first-order chi connectivity index (χ1) is 11.5. The highest BCUT2D eigenvalue weighted by atomic mass is 19.1. The second-order valence-corrected chi connectivity index (χ2v) is 5.42. The molecule has 5 heteroatoms. The fraction of sp³-hybridized carbons (Fsp3) is 0.158. The number of furan rings is 1. The van der Waals surface area contributed by atoms with E-state index in [1.807, 2.05) is 0 Å². The molecular formula is C19H15FO4. The number of rotatable bonds is 4. The van der Waals surface area contributed by atoms with Crippen LogP contribution in [0.2, 0.25) is 0 Å². The summed E-state index contributed by atoms with van der Waals surface area (Å²) in [6.45, 7) is 1.66. The smallest absolute Gasteiger partial charge is 0.313 e. The number of methoxy groups -OCH3 is 1. The third kappa shape index (κ3) is 2.69. The van der Waals surface area contributed by atoms with Crippen molar-refractivity contribution in [2.75, 3.05) is 7.11 Å². The quantitative estimate of drug-likeness (QED) is 0.535. The van der Waals surface area contributed by atoms with Gasteiger partial charge in [-0.1, -0.05) is 18.2 Å². The minimum atomic E-state index is -0.668. The Bertz CT molecular complexity index is 909. The fourth-order valence-electron chi connectivity index (χ4n) is 2.69. The topological polar surface area (TPSA) is 56.5 Å². The van der Waals surface area contributed by atoms with E-state index in [2.05, 4.69) is 0 Å². The zero-order valence-corrected chi connectivity index (χ0v) is 13.2. The average molecular weight is 326 g/mol. The molecule has 0 radical (unpaired) electrons. The van der Waals surface area contributed by atoms with Gasteiger partial charge in [-0.15, -0.1) is 0 Å². The Morgan fingerprint density at radius 2 is 1.75 bits per heavy atom. The van der Waals surface area contributed by atoms with Crippen molar-refractivity contribution in [1.29, 1.82) is 0 Å². The van der Waals surface area contributed by atoms with E-state index in [-0.39, 0.29) is 11.3 Å². The predicted octanol–water partition coefficient (Wildman–Crippen LogP) is 4.08. The molecule has 1 atom stereocenters. The van der Waals surface area contributed by atoms with Gasteiger partial charge < -0.3 is 9.15 Å². The Morgan fingerprint density at radius 3 is 2.42 bits per heavy atom. The molecule has 3 aromatic rings. The number of hydrogen-bond donors (Lipinski definition) is 0. The van der Waals surface area contributed by atoms with Crippen LogP contribution in [-0.4, -0.2) is 18.9 Å². The molecule has 24 heavy (non-hydrogen) atoms. The highest BCUT2D eigenvalue weighted by molar-refractivity contribution is 6.11. The van der Waals surface area contributed by atoms with E-state index in [0.29, 0.717) is 16.5 Å². The van der Waals surface area contributed by atoms with Crippen molar-refractivity contribution in [3.8, 4) is 0 Å². The van der Waals surface area contributed by atoms with Gasteiger partial charge in [0.05, 0.1) is 13.0 Å². The fourth-order valence-corrected chi connectivity index (χ4v) is 2.69. The first kappa shape index (κ1) is 15.9. The molecule has 122 valence electrons. The summed E-state index contributed by atoms with van der Waals surface area (Å²) < 4.78 is 23.6. The molecule has 4 nitrogen and oxygen atoms in total. The van der Waals surface area contributed by atoms with E-state index >= 15 is 0 Å². The summed E-state index contributed by atoms with van der Waals surface area (Å²) in [4.78, 5) is 24.8. The lowest BCUT2D eigenvalue weighted by atomic mass is 9.94. The van der Waals surface area contributed by atoms with E-state index in [0.717, 1.165) is 0 Å². The molecule has 0 bridgehead atoms. The first-order valence-corrected chi connectivity index (χ1v) is 7.42. The zero-order chi connectivity index (χ0) is 17.3. The number of fused-ring (bicyclic) bond motifs is 1. The number of benzene rings is 2. The lowest BCUT2D eigenvalue weighted by Crippen LogP contribution is -2.14. The van der Waals surface area contributed by atoms with Crippen molar-refractivity contribution in [2.24, 2.45) is 0 Å². The highest BCUT2D eigenvalue weighted by Gasteiger charge is 2.29. The molecule has 1 heterocycles. The van der Waals surface area contributed by atoms with Gasteiger partial charge in [0.2, 0.25) is 5.78 Å². The van der Waals surface area contributed by atoms with Crippen LogP contribution in [0.15, 0.2) is 52.9 Å². The zero-order valence-electron chi connectivity index (χ0n) is 13.2. The Labute approximate surface area is 137 Å². The van der Waals surface area contributed by atoms with Gasteiger partial charge in [0, 0.05) is 16.5 Å². The Morgan fingerprint density at radius 1 is 1.08 bits per heavy atom. The van der Waals surface area contributed by atoms with Gasteiger partial charge in [-0.25, -0.2) is 4.39 Å². The average Bonchev–Trinajstić information content (AvgIpc) is 2.99. The van der Waals surface area contributed by atoms with Crippen LogP contribution in [0, 0.1) is 5.82 Å². The van der Waals surface area contributed by atoms with Gasteiger partial charge >= 0.3 is 5.97 Å². The molecule has 0 aliphatic rings. The van der Waals surface area contributed by atoms with Gasteiger partial charge in [-0.05, 0) is 37.3 Å². The number of halogens is 1. The number of carbonyl (C=O) groups is 2. The van der Waals surface area contributed by atoms with Crippen LogP contribution < -0.4 is 0 Å². The van der Waals surface area contributed by atoms with Crippen molar-refractivity contribution in [3.63, 3.8) is 0 Å². The largest absolute Gasteiger partial charge is 0.469 e. The van der Waals surface area contributed by atoms with Crippen LogP contribution in [0.4, 0.5) is 4.39 Å². The third-order valence-corrected chi connectivity index (χ3v) is 3.93. The van der Waals surface area contributed by atoms with Gasteiger partial charge in [-0.3, -0.25) is 9.59 Å². The monoisotopic (exact) mass is 326 g/mol. The van der Waals surface area contributed by atoms with E-state index < -0.39 is 23.5 Å². The van der Waals surface area contributed by atoms with Crippen LogP contribution in [0.1, 0.15) is 34.5 Å². The maximum atomic E-state index is 13.1. The van der Waals surface area contributed by atoms with Gasteiger partial charge in [0.1, 0.15) is 11.4 Å². The molecule has 0 aliphatic heterocycles. The van der Waals surface area contributed by atoms with Gasteiger partial charge in [0.15, 0.2) is 5.76 Å². The SMILES string of the molecule is COC(=O)C(C)c1c(C(=O)c2ccc(F)cc2)oc2ccccc12. The normalized spacial score (nSPS) is 12.1. The Kier molecular flexibility index (Phi) is 4.16. The van der Waals surface area contributed by atoms with Crippen molar-refractivity contribution in [3.05, 3.63) is 71.2 Å². The van der Waals surface area contributed by atoms with Crippen LogP contribution >= 0.6 is 0 Å². The van der Waals surface area contributed by atoms with Crippen molar-refractivity contribution in [2.45, 2.75) is 12.8 Å². The molecule has 1 aromatic heterocycles. The third-order valence-electron chi connectivity index (χ3n) is 3.93. The molecule has 0 aliphatic carbocycles. The standard InChI is InChI=1S/C19H15FO4/c1-11(19(22)23-2)16-14-5-3-4-6-15(14)24-18(16)17(21)12-7-9-13(20)10-8-12/h3-11H,1-2H3. The summed E-state index contributed by atoms with van der Waals surface area (Å²) in [6, 6.07) is 12.3. The molecule has 0 N–H and O–H groups in total. The maximum Gasteiger partial charge on any atom is 0.313 e. The van der Waals surface area contributed by atoms with Crippen LogP contribution in [0.3, 0.4) is 0 Å². The molecule has 1 unspecified atom stereocenters. The minimum absolute atomic E-state index is 0.0701. The van der Waals surface area contributed by atoms with E-state index in [1.54, 1.807) is 31.2 Å². The summed E-state index contributed by atoms with van der Waals surface area (Å²) >= 11 is 0. The molecule has 0 spiro atoms. The summed E-state index contributed by atoms with van der Waals surface area (Å²) in [5.74, 6) is -1.90. The van der Waals surface area contributed by atoms with E-state index in [4.69, 9.17) is 9.15 Å². The summed E-state index contributed by atoms with van der Waals surface area (Å²) in [5.41, 5.74) is 1.27. The number of ketones is 1. The number of carbonyl (C=O) groups excluding carboxylic acids is 2. The highest BCUT2D eigenvalue weighted by Crippen LogP contribution is 2.34. The summed E-state index contributed by atoms with van der Waals surface area (Å²) in [7, 11) is 1.29. The van der Waals surface area contributed by atoms with Crippen LogP contribution in [0.5, 0.6) is 0 Å². The van der Waals surface area contributed by atoms with Crippen molar-refractivity contribution in [1.82, 2.24) is 0 Å². The van der Waals surface area contributed by atoms with Crippen LogP contribution in [-0.2, 0) is 9.53 Å². The van der Waals surface area contributed by atoms with Crippen molar-refractivity contribution >= 4 is 22.7 Å². The molecule has 2 aromatic carbocycles. The Balaban J connectivity index is 2.18. The molecule has 0 fully saturated rings. The molecule has 0 saturated carbocycles. The lowest BCUT2D eigenvalue weighted by molar-refractivity contribution is -0.141. The predicted molar refractivity (Wildman–Crippen MR) is 86.5 cm³/mol. The second kappa shape index (κ2) is 6.28. The summed E-state index contributed by atoms with van der Waals surface area (Å²) in [5, 5.41) is 0.681. The number of ether oxygens (including phenoxy) is 1. The maximum absolute atomic E-state index is 13.1. The molecule has 0 saturated heterocycles. The van der Waals surface area contributed by atoms with Gasteiger partial charge in [0.25, 0.3) is 0 Å².